The monoisotopic (exact) mass is 388 g/mol. The fourth-order valence-corrected chi connectivity index (χ4v) is 4.13. The fraction of sp³-hybridized carbons (Fsp3) is 0.600. The maximum Gasteiger partial charge on any atom is 0.413 e. The molecule has 0 fully saturated rings. The Balaban J connectivity index is 2.61. The van der Waals surface area contributed by atoms with E-state index in [9.17, 15) is 9.90 Å². The molecule has 5 heteroatoms. The molecule has 2 heterocycles. The van der Waals surface area contributed by atoms with Gasteiger partial charge >= 0.3 is 6.09 Å². The maximum atomic E-state index is 11.9. The summed E-state index contributed by atoms with van der Waals surface area (Å²) >= 11 is 2.33. The van der Waals surface area contributed by atoms with Crippen LogP contribution in [-0.4, -0.2) is 26.2 Å². The van der Waals surface area contributed by atoms with E-state index in [1.54, 1.807) is 6.20 Å². The van der Waals surface area contributed by atoms with Crippen LogP contribution in [0.4, 0.5) is 10.6 Å². The number of hydrogen-bond donors (Lipinski definition) is 1. The zero-order valence-electron chi connectivity index (χ0n) is 12.2. The van der Waals surface area contributed by atoms with Crippen molar-refractivity contribution in [2.75, 3.05) is 9.33 Å². The quantitative estimate of drug-likeness (QED) is 0.613. The Hall–Kier alpha value is -0.850. The van der Waals surface area contributed by atoms with Gasteiger partial charge in [-0.15, -0.1) is 0 Å². The SMILES string of the molecule is CC(C)(C)C1(CCI)CCc2cccnc2N1C(=O)O. The van der Waals surface area contributed by atoms with E-state index in [0.717, 1.165) is 29.3 Å². The van der Waals surface area contributed by atoms with E-state index in [1.807, 2.05) is 12.1 Å². The van der Waals surface area contributed by atoms with Crippen molar-refractivity contribution in [2.45, 2.75) is 45.6 Å². The summed E-state index contributed by atoms with van der Waals surface area (Å²) in [7, 11) is 0. The molecule has 1 aliphatic rings. The van der Waals surface area contributed by atoms with E-state index in [0.29, 0.717) is 5.82 Å². The third-order valence-corrected chi connectivity index (χ3v) is 4.95. The maximum absolute atomic E-state index is 11.9. The summed E-state index contributed by atoms with van der Waals surface area (Å²) in [5.74, 6) is 0.617. The minimum atomic E-state index is -0.899. The summed E-state index contributed by atoms with van der Waals surface area (Å²) in [6.45, 7) is 6.38. The highest BCUT2D eigenvalue weighted by Gasteiger charge is 2.51. The lowest BCUT2D eigenvalue weighted by atomic mass is 9.66. The summed E-state index contributed by atoms with van der Waals surface area (Å²) in [5, 5.41) is 9.79. The number of rotatable bonds is 2. The molecule has 110 valence electrons. The van der Waals surface area contributed by atoms with Gasteiger partial charge in [0.2, 0.25) is 0 Å². The normalized spacial score (nSPS) is 22.5. The minimum Gasteiger partial charge on any atom is -0.465 e. The topological polar surface area (TPSA) is 53.4 Å². The van der Waals surface area contributed by atoms with Crippen LogP contribution in [0.1, 0.15) is 39.2 Å². The van der Waals surface area contributed by atoms with Gasteiger partial charge in [0.05, 0.1) is 5.54 Å². The van der Waals surface area contributed by atoms with Gasteiger partial charge in [-0.25, -0.2) is 9.78 Å². The van der Waals surface area contributed by atoms with Gasteiger partial charge in [0.25, 0.3) is 0 Å². The number of hydrogen-bond acceptors (Lipinski definition) is 2. The predicted molar refractivity (Wildman–Crippen MR) is 88.8 cm³/mol. The molecule has 1 aromatic heterocycles. The van der Waals surface area contributed by atoms with Crippen molar-refractivity contribution in [2.24, 2.45) is 5.41 Å². The second kappa shape index (κ2) is 5.50. The van der Waals surface area contributed by atoms with Crippen LogP contribution in [-0.2, 0) is 6.42 Å². The third-order valence-electron chi connectivity index (χ3n) is 4.41. The van der Waals surface area contributed by atoms with E-state index in [-0.39, 0.29) is 11.0 Å². The van der Waals surface area contributed by atoms with E-state index < -0.39 is 6.09 Å². The van der Waals surface area contributed by atoms with Crippen LogP contribution in [0.5, 0.6) is 0 Å². The highest BCUT2D eigenvalue weighted by Crippen LogP contribution is 2.48. The largest absolute Gasteiger partial charge is 0.465 e. The Kier molecular flexibility index (Phi) is 4.27. The molecule has 0 saturated heterocycles. The first-order chi connectivity index (χ1) is 9.33. The van der Waals surface area contributed by atoms with Crippen LogP contribution in [0.25, 0.3) is 0 Å². The summed E-state index contributed by atoms with van der Waals surface area (Å²) < 4.78 is 0.932. The van der Waals surface area contributed by atoms with Gasteiger partial charge in [-0.05, 0) is 36.3 Å². The second-order valence-corrected chi connectivity index (χ2v) is 7.40. The molecule has 0 radical (unpaired) electrons. The summed E-state index contributed by atoms with van der Waals surface area (Å²) in [4.78, 5) is 17.8. The first-order valence-electron chi connectivity index (χ1n) is 6.86. The second-order valence-electron chi connectivity index (χ2n) is 6.32. The Bertz CT molecular complexity index is 513. The molecule has 0 saturated carbocycles. The van der Waals surface area contributed by atoms with Crippen LogP contribution >= 0.6 is 22.6 Å². The number of carbonyl (C=O) groups is 1. The van der Waals surface area contributed by atoms with Crippen molar-refractivity contribution >= 4 is 34.5 Å². The molecule has 20 heavy (non-hydrogen) atoms. The molecule has 1 unspecified atom stereocenters. The first kappa shape index (κ1) is 15.5. The Morgan fingerprint density at radius 3 is 2.80 bits per heavy atom. The zero-order valence-corrected chi connectivity index (χ0v) is 14.3. The molecule has 0 aliphatic carbocycles. The summed E-state index contributed by atoms with van der Waals surface area (Å²) in [6, 6.07) is 3.86. The van der Waals surface area contributed by atoms with Crippen LogP contribution in [0.15, 0.2) is 18.3 Å². The van der Waals surface area contributed by atoms with Crippen molar-refractivity contribution in [3.63, 3.8) is 0 Å². The van der Waals surface area contributed by atoms with Crippen molar-refractivity contribution < 1.29 is 9.90 Å². The molecule has 1 aromatic rings. The molecule has 1 aliphatic heterocycles. The summed E-state index contributed by atoms with van der Waals surface area (Å²) in [5.41, 5.74) is 0.510. The Morgan fingerprint density at radius 1 is 1.55 bits per heavy atom. The van der Waals surface area contributed by atoms with Crippen LogP contribution in [0.3, 0.4) is 0 Å². The van der Waals surface area contributed by atoms with Crippen molar-refractivity contribution in [3.8, 4) is 0 Å². The van der Waals surface area contributed by atoms with Gasteiger partial charge < -0.3 is 5.11 Å². The highest BCUT2D eigenvalue weighted by atomic mass is 127. The van der Waals surface area contributed by atoms with Gasteiger partial charge in [-0.1, -0.05) is 49.4 Å². The van der Waals surface area contributed by atoms with Crippen LogP contribution in [0, 0.1) is 5.41 Å². The number of halogens is 1. The number of fused-ring (bicyclic) bond motifs is 1. The Morgan fingerprint density at radius 2 is 2.25 bits per heavy atom. The lowest BCUT2D eigenvalue weighted by Gasteiger charge is -2.53. The van der Waals surface area contributed by atoms with Crippen LogP contribution < -0.4 is 4.90 Å². The van der Waals surface area contributed by atoms with Crippen LogP contribution in [0.2, 0.25) is 0 Å². The molecular weight excluding hydrogens is 367 g/mol. The van der Waals surface area contributed by atoms with E-state index in [1.165, 1.54) is 4.90 Å². The molecule has 4 nitrogen and oxygen atoms in total. The van der Waals surface area contributed by atoms with E-state index in [4.69, 9.17) is 0 Å². The number of anilines is 1. The van der Waals surface area contributed by atoms with Gasteiger partial charge in [0.1, 0.15) is 5.82 Å². The average molecular weight is 388 g/mol. The molecular formula is C15H21IN2O2. The van der Waals surface area contributed by atoms with E-state index >= 15 is 0 Å². The van der Waals surface area contributed by atoms with Crippen molar-refractivity contribution in [1.29, 1.82) is 0 Å². The summed E-state index contributed by atoms with van der Waals surface area (Å²) in [6.07, 6.45) is 3.37. The third kappa shape index (κ3) is 2.40. The number of carboxylic acid groups (broad SMARTS) is 1. The first-order valence-corrected chi connectivity index (χ1v) is 8.39. The molecule has 2 rings (SSSR count). The average Bonchev–Trinajstić information content (AvgIpc) is 2.36. The number of nitrogens with zero attached hydrogens (tertiary/aromatic N) is 2. The van der Waals surface area contributed by atoms with Gasteiger partial charge in [0, 0.05) is 10.6 Å². The highest BCUT2D eigenvalue weighted by molar-refractivity contribution is 14.1. The lowest BCUT2D eigenvalue weighted by molar-refractivity contribution is 0.131. The molecule has 0 bridgehead atoms. The van der Waals surface area contributed by atoms with Crippen molar-refractivity contribution in [3.05, 3.63) is 23.9 Å². The minimum absolute atomic E-state index is 0.133. The zero-order chi connectivity index (χ0) is 15.0. The fourth-order valence-electron chi connectivity index (χ4n) is 3.23. The number of pyridine rings is 1. The lowest BCUT2D eigenvalue weighted by Crippen LogP contribution is -2.62. The van der Waals surface area contributed by atoms with Crippen molar-refractivity contribution in [1.82, 2.24) is 4.98 Å². The molecule has 0 aromatic carbocycles. The molecule has 1 amide bonds. The number of aromatic nitrogens is 1. The molecule has 1 atom stereocenters. The molecule has 1 N–H and O–H groups in total. The predicted octanol–water partition coefficient (Wildman–Crippen LogP) is 4.12. The van der Waals surface area contributed by atoms with E-state index in [2.05, 4.69) is 48.3 Å². The number of aryl methyl sites for hydroxylation is 1. The Labute approximate surface area is 133 Å². The number of alkyl halides is 1. The van der Waals surface area contributed by atoms with Gasteiger partial charge in [-0.3, -0.25) is 4.90 Å². The standard InChI is InChI=1S/C15H21IN2O2/c1-14(2,3)15(8-9-16)7-6-11-5-4-10-17-12(11)18(15)13(19)20/h4-5,10H,6-9H2,1-3H3,(H,19,20). The number of amides is 1. The van der Waals surface area contributed by atoms with Gasteiger partial charge in [-0.2, -0.15) is 0 Å². The van der Waals surface area contributed by atoms with Gasteiger partial charge in [0.15, 0.2) is 0 Å². The smallest absolute Gasteiger partial charge is 0.413 e. The molecule has 0 spiro atoms.